The third-order valence-electron chi connectivity index (χ3n) is 5.57. The lowest BCUT2D eigenvalue weighted by Gasteiger charge is -2.26. The fraction of sp³-hybridized carbons (Fsp3) is 0.409. The van der Waals surface area contributed by atoms with Gasteiger partial charge in [-0.05, 0) is 38.3 Å². The first-order chi connectivity index (χ1) is 14.5. The van der Waals surface area contributed by atoms with Gasteiger partial charge in [0.15, 0.2) is 5.76 Å². The van der Waals surface area contributed by atoms with Crippen LogP contribution in [0.2, 0.25) is 0 Å². The van der Waals surface area contributed by atoms with E-state index in [1.165, 1.54) is 0 Å². The van der Waals surface area contributed by atoms with Gasteiger partial charge in [0, 0.05) is 44.8 Å². The lowest BCUT2D eigenvalue weighted by molar-refractivity contribution is -0.131. The highest BCUT2D eigenvalue weighted by Gasteiger charge is 2.34. The summed E-state index contributed by atoms with van der Waals surface area (Å²) in [6, 6.07) is 3.65. The fourth-order valence-electron chi connectivity index (χ4n) is 3.82. The van der Waals surface area contributed by atoms with Crippen molar-refractivity contribution in [1.82, 2.24) is 25.0 Å². The molecule has 30 heavy (non-hydrogen) atoms. The second-order valence-electron chi connectivity index (χ2n) is 7.87. The third kappa shape index (κ3) is 3.77. The maximum absolute atomic E-state index is 13.1. The molecule has 1 saturated heterocycles. The summed E-state index contributed by atoms with van der Waals surface area (Å²) in [5.41, 5.74) is 4.31. The number of pyridine rings is 1. The van der Waals surface area contributed by atoms with Crippen LogP contribution in [-0.2, 0) is 11.2 Å². The van der Waals surface area contributed by atoms with Crippen LogP contribution in [0.1, 0.15) is 41.4 Å². The molecule has 0 spiro atoms. The second kappa shape index (κ2) is 8.22. The number of aryl methyl sites for hydroxylation is 1. The lowest BCUT2D eigenvalue weighted by Crippen LogP contribution is -2.33. The van der Waals surface area contributed by atoms with Crippen LogP contribution in [0.25, 0.3) is 11.3 Å². The summed E-state index contributed by atoms with van der Waals surface area (Å²) in [6.45, 7) is 4.60. The van der Waals surface area contributed by atoms with E-state index in [-0.39, 0.29) is 11.9 Å². The monoisotopic (exact) mass is 406 g/mol. The van der Waals surface area contributed by atoms with Crippen LogP contribution in [0.5, 0.6) is 0 Å². The molecule has 8 heteroatoms. The molecule has 0 radical (unpaired) electrons. The molecule has 0 aromatic carbocycles. The summed E-state index contributed by atoms with van der Waals surface area (Å²) in [5.74, 6) is 1.35. The molecule has 4 rings (SSSR count). The Bertz CT molecular complexity index is 1050. The quantitative estimate of drug-likeness (QED) is 0.643. The number of aromatic nitrogens is 4. The summed E-state index contributed by atoms with van der Waals surface area (Å²) >= 11 is 0. The number of amides is 1. The topological polar surface area (TPSA) is 88.3 Å². The van der Waals surface area contributed by atoms with Crippen LogP contribution in [0.3, 0.4) is 0 Å². The Labute approximate surface area is 175 Å². The van der Waals surface area contributed by atoms with E-state index in [9.17, 15) is 4.79 Å². The minimum Gasteiger partial charge on any atom is -0.356 e. The van der Waals surface area contributed by atoms with Crippen LogP contribution in [0.4, 0.5) is 5.95 Å². The van der Waals surface area contributed by atoms with E-state index in [4.69, 9.17) is 9.51 Å². The molecule has 8 nitrogen and oxygen atoms in total. The van der Waals surface area contributed by atoms with Gasteiger partial charge >= 0.3 is 0 Å². The van der Waals surface area contributed by atoms with Crippen molar-refractivity contribution < 1.29 is 9.32 Å². The number of hydrogen-bond donors (Lipinski definition) is 0. The van der Waals surface area contributed by atoms with Crippen molar-refractivity contribution in [3.05, 3.63) is 53.2 Å². The highest BCUT2D eigenvalue weighted by atomic mass is 16.5. The Kier molecular flexibility index (Phi) is 5.48. The zero-order valence-corrected chi connectivity index (χ0v) is 17.8. The average molecular weight is 406 g/mol. The maximum atomic E-state index is 13.1. The maximum Gasteiger partial charge on any atom is 0.227 e. The molecule has 0 N–H and O–H groups in total. The Balaban J connectivity index is 1.72. The summed E-state index contributed by atoms with van der Waals surface area (Å²) in [4.78, 5) is 30.4. The van der Waals surface area contributed by atoms with E-state index in [0.29, 0.717) is 24.7 Å². The average Bonchev–Trinajstić information content (AvgIpc) is 3.36. The molecule has 1 unspecified atom stereocenters. The highest BCUT2D eigenvalue weighted by molar-refractivity contribution is 5.80. The molecule has 156 valence electrons. The van der Waals surface area contributed by atoms with Gasteiger partial charge in [0.2, 0.25) is 11.9 Å². The number of carbonyl (C=O) groups is 1. The van der Waals surface area contributed by atoms with Crippen molar-refractivity contribution in [2.75, 3.05) is 25.5 Å². The fourth-order valence-corrected chi connectivity index (χ4v) is 3.82. The molecule has 3 aromatic rings. The molecule has 0 saturated carbocycles. The van der Waals surface area contributed by atoms with Crippen LogP contribution in [0, 0.1) is 13.8 Å². The number of anilines is 1. The molecule has 3 aromatic heterocycles. The SMILES string of the molecule is Cc1noc(-c2cnc(N(C)C)nc2C2CCCN2C(=O)Cc2cccnc2)c1C. The van der Waals surface area contributed by atoms with Crippen LogP contribution in [-0.4, -0.2) is 51.6 Å². The Morgan fingerprint density at radius 1 is 1.30 bits per heavy atom. The lowest BCUT2D eigenvalue weighted by atomic mass is 10.0. The highest BCUT2D eigenvalue weighted by Crippen LogP contribution is 2.38. The number of rotatable bonds is 5. The van der Waals surface area contributed by atoms with Crippen molar-refractivity contribution in [3.63, 3.8) is 0 Å². The van der Waals surface area contributed by atoms with E-state index in [1.54, 1.807) is 18.6 Å². The number of nitrogens with zero attached hydrogens (tertiary/aromatic N) is 6. The van der Waals surface area contributed by atoms with Crippen molar-refractivity contribution in [2.45, 2.75) is 39.2 Å². The standard InChI is InChI=1S/C22H26N6O2/c1-14-15(2)26-30-21(14)17-13-24-22(27(3)4)25-20(17)18-8-6-10-28(18)19(29)11-16-7-5-9-23-12-16/h5,7,9,12-13,18H,6,8,10-11H2,1-4H3. The van der Waals surface area contributed by atoms with Crippen LogP contribution in [0.15, 0.2) is 35.2 Å². The normalized spacial score (nSPS) is 16.1. The largest absolute Gasteiger partial charge is 0.356 e. The summed E-state index contributed by atoms with van der Waals surface area (Å²) < 4.78 is 5.62. The van der Waals surface area contributed by atoms with Crippen molar-refractivity contribution in [2.24, 2.45) is 0 Å². The summed E-state index contributed by atoms with van der Waals surface area (Å²) in [5, 5.41) is 4.10. The Morgan fingerprint density at radius 3 is 2.80 bits per heavy atom. The zero-order chi connectivity index (χ0) is 21.3. The van der Waals surface area contributed by atoms with Gasteiger partial charge < -0.3 is 14.3 Å². The summed E-state index contributed by atoms with van der Waals surface area (Å²) in [6.07, 6.45) is 7.34. The minimum absolute atomic E-state index is 0.0759. The Hall–Kier alpha value is -3.29. The van der Waals surface area contributed by atoms with E-state index in [1.807, 2.05) is 49.9 Å². The molecule has 0 aliphatic carbocycles. The van der Waals surface area contributed by atoms with Gasteiger partial charge in [0.05, 0.1) is 29.4 Å². The van der Waals surface area contributed by atoms with E-state index < -0.39 is 0 Å². The molecule has 1 atom stereocenters. The Morgan fingerprint density at radius 2 is 2.13 bits per heavy atom. The van der Waals surface area contributed by atoms with E-state index in [2.05, 4.69) is 15.1 Å². The van der Waals surface area contributed by atoms with Gasteiger partial charge in [-0.25, -0.2) is 9.97 Å². The van der Waals surface area contributed by atoms with Crippen LogP contribution >= 0.6 is 0 Å². The smallest absolute Gasteiger partial charge is 0.227 e. The molecule has 1 fully saturated rings. The van der Waals surface area contributed by atoms with E-state index in [0.717, 1.165) is 40.9 Å². The predicted octanol–water partition coefficient (Wildman–Crippen LogP) is 3.12. The molecule has 1 aliphatic rings. The molecular formula is C22H26N6O2. The third-order valence-corrected chi connectivity index (χ3v) is 5.57. The van der Waals surface area contributed by atoms with Crippen molar-refractivity contribution in [1.29, 1.82) is 0 Å². The predicted molar refractivity (Wildman–Crippen MR) is 113 cm³/mol. The summed E-state index contributed by atoms with van der Waals surface area (Å²) in [7, 11) is 3.81. The number of likely N-dealkylation sites (tertiary alicyclic amines) is 1. The molecule has 1 amide bonds. The van der Waals surface area contributed by atoms with Gasteiger partial charge in [0.25, 0.3) is 0 Å². The zero-order valence-electron chi connectivity index (χ0n) is 17.8. The minimum atomic E-state index is -0.129. The van der Waals surface area contributed by atoms with Crippen molar-refractivity contribution in [3.8, 4) is 11.3 Å². The first kappa shape index (κ1) is 20.0. The van der Waals surface area contributed by atoms with Gasteiger partial charge in [-0.3, -0.25) is 9.78 Å². The van der Waals surface area contributed by atoms with Gasteiger partial charge in [0.1, 0.15) is 0 Å². The molecular weight excluding hydrogens is 380 g/mol. The number of hydrogen-bond acceptors (Lipinski definition) is 7. The van der Waals surface area contributed by atoms with Gasteiger partial charge in [-0.1, -0.05) is 11.2 Å². The number of carbonyl (C=O) groups excluding carboxylic acids is 1. The van der Waals surface area contributed by atoms with Gasteiger partial charge in [-0.2, -0.15) is 0 Å². The first-order valence-corrected chi connectivity index (χ1v) is 10.1. The first-order valence-electron chi connectivity index (χ1n) is 10.1. The molecule has 4 heterocycles. The second-order valence-corrected chi connectivity index (χ2v) is 7.87. The van der Waals surface area contributed by atoms with Crippen molar-refractivity contribution >= 4 is 11.9 Å². The van der Waals surface area contributed by atoms with Gasteiger partial charge in [-0.15, -0.1) is 0 Å². The van der Waals surface area contributed by atoms with E-state index >= 15 is 0 Å². The van der Waals surface area contributed by atoms with Crippen LogP contribution < -0.4 is 4.90 Å². The molecule has 0 bridgehead atoms. The molecule has 1 aliphatic heterocycles.